The number of aromatic nitrogens is 1. The number of carbonyl (C=O) groups excluding carboxylic acids is 1. The molecular formula is C14H15NO3S. The zero-order valence-electron chi connectivity index (χ0n) is 11.1. The summed E-state index contributed by atoms with van der Waals surface area (Å²) in [4.78, 5) is 16.8. The van der Waals surface area contributed by atoms with Crippen molar-refractivity contribution >= 4 is 17.3 Å². The highest BCUT2D eigenvalue weighted by Gasteiger charge is 2.18. The Morgan fingerprint density at radius 2 is 2.16 bits per heavy atom. The Balaban J connectivity index is 2.46. The molecule has 1 aromatic carbocycles. The molecule has 1 aromatic heterocycles. The van der Waals surface area contributed by atoms with E-state index in [4.69, 9.17) is 9.47 Å². The number of ether oxygens (including phenoxy) is 2. The highest BCUT2D eigenvalue weighted by atomic mass is 32.1. The number of esters is 1. The van der Waals surface area contributed by atoms with Gasteiger partial charge in [-0.05, 0) is 24.1 Å². The Hall–Kier alpha value is -1.72. The van der Waals surface area contributed by atoms with E-state index in [-0.39, 0.29) is 0 Å². The first-order chi connectivity index (χ1) is 9.15. The first-order valence-electron chi connectivity index (χ1n) is 5.79. The molecule has 0 atom stereocenters. The molecule has 0 fully saturated rings. The Labute approximate surface area is 116 Å². The Bertz CT molecular complexity index is 592. The molecule has 0 spiro atoms. The third kappa shape index (κ3) is 3.00. The van der Waals surface area contributed by atoms with Crippen molar-refractivity contribution in [3.63, 3.8) is 0 Å². The second-order valence-corrected chi connectivity index (χ2v) is 5.24. The lowest BCUT2D eigenvalue weighted by molar-refractivity contribution is 0.0595. The second kappa shape index (κ2) is 5.95. The fourth-order valence-electron chi connectivity index (χ4n) is 1.83. The van der Waals surface area contributed by atoms with Gasteiger partial charge >= 0.3 is 5.97 Å². The van der Waals surface area contributed by atoms with Gasteiger partial charge in [-0.1, -0.05) is 18.2 Å². The maximum Gasteiger partial charge on any atom is 0.358 e. The molecule has 0 amide bonds. The summed E-state index contributed by atoms with van der Waals surface area (Å²) in [6.07, 6.45) is 0. The lowest BCUT2D eigenvalue weighted by Crippen LogP contribution is -2.03. The van der Waals surface area contributed by atoms with Crippen molar-refractivity contribution in [1.29, 1.82) is 0 Å². The van der Waals surface area contributed by atoms with Crippen molar-refractivity contribution in [3.8, 4) is 10.4 Å². The average molecular weight is 277 g/mol. The Morgan fingerprint density at radius 3 is 2.84 bits per heavy atom. The number of methoxy groups -OCH3 is 2. The largest absolute Gasteiger partial charge is 0.464 e. The van der Waals surface area contributed by atoms with E-state index in [1.807, 2.05) is 31.2 Å². The molecule has 0 unspecified atom stereocenters. The van der Waals surface area contributed by atoms with Gasteiger partial charge in [0.1, 0.15) is 0 Å². The van der Waals surface area contributed by atoms with Gasteiger partial charge in [-0.25, -0.2) is 9.78 Å². The molecule has 1 heterocycles. The van der Waals surface area contributed by atoms with Crippen molar-refractivity contribution < 1.29 is 14.3 Å². The van der Waals surface area contributed by atoms with Crippen LogP contribution in [0.2, 0.25) is 0 Å². The minimum atomic E-state index is -0.406. The summed E-state index contributed by atoms with van der Waals surface area (Å²) in [6, 6.07) is 7.89. The van der Waals surface area contributed by atoms with Crippen molar-refractivity contribution in [2.45, 2.75) is 13.5 Å². The highest BCUT2D eigenvalue weighted by Crippen LogP contribution is 2.31. The van der Waals surface area contributed by atoms with Gasteiger partial charge in [-0.2, -0.15) is 0 Å². The van der Waals surface area contributed by atoms with E-state index in [1.165, 1.54) is 18.4 Å². The summed E-state index contributed by atoms with van der Waals surface area (Å²) in [5.41, 5.74) is 2.39. The summed E-state index contributed by atoms with van der Waals surface area (Å²) in [7, 11) is 3.02. The van der Waals surface area contributed by atoms with E-state index in [0.717, 1.165) is 21.0 Å². The number of benzene rings is 1. The van der Waals surface area contributed by atoms with E-state index in [0.29, 0.717) is 12.3 Å². The van der Waals surface area contributed by atoms with Gasteiger partial charge in [0.2, 0.25) is 0 Å². The van der Waals surface area contributed by atoms with Crippen LogP contribution in [0, 0.1) is 6.92 Å². The van der Waals surface area contributed by atoms with Crippen molar-refractivity contribution in [3.05, 3.63) is 40.5 Å². The first kappa shape index (κ1) is 13.7. The van der Waals surface area contributed by atoms with E-state index >= 15 is 0 Å². The quantitative estimate of drug-likeness (QED) is 0.806. The molecule has 19 heavy (non-hydrogen) atoms. The zero-order chi connectivity index (χ0) is 13.8. The number of aryl methyl sites for hydroxylation is 1. The summed E-state index contributed by atoms with van der Waals surface area (Å²) >= 11 is 1.49. The molecule has 0 saturated heterocycles. The SMILES string of the molecule is COCc1cccc(-c2sc(C)nc2C(=O)OC)c1. The van der Waals surface area contributed by atoms with Gasteiger partial charge in [-0.15, -0.1) is 11.3 Å². The molecule has 0 radical (unpaired) electrons. The maximum absolute atomic E-state index is 11.7. The molecule has 0 bridgehead atoms. The first-order valence-corrected chi connectivity index (χ1v) is 6.61. The van der Waals surface area contributed by atoms with Crippen molar-refractivity contribution in [2.24, 2.45) is 0 Å². The molecule has 2 rings (SSSR count). The highest BCUT2D eigenvalue weighted by molar-refractivity contribution is 7.15. The third-order valence-electron chi connectivity index (χ3n) is 2.61. The smallest absolute Gasteiger partial charge is 0.358 e. The van der Waals surface area contributed by atoms with Gasteiger partial charge in [0, 0.05) is 7.11 Å². The second-order valence-electron chi connectivity index (χ2n) is 4.04. The van der Waals surface area contributed by atoms with Crippen LogP contribution in [0.5, 0.6) is 0 Å². The molecule has 0 saturated carbocycles. The van der Waals surface area contributed by atoms with Gasteiger partial charge in [0.05, 0.1) is 23.6 Å². The van der Waals surface area contributed by atoms with E-state index in [1.54, 1.807) is 7.11 Å². The predicted octanol–water partition coefficient (Wildman–Crippen LogP) is 3.05. The molecule has 0 aliphatic heterocycles. The summed E-state index contributed by atoms with van der Waals surface area (Å²) in [5.74, 6) is -0.406. The lowest BCUT2D eigenvalue weighted by atomic mass is 10.1. The van der Waals surface area contributed by atoms with Crippen LogP contribution in [-0.2, 0) is 16.1 Å². The standard InChI is InChI=1S/C14H15NO3S/c1-9-15-12(14(16)18-3)13(19-9)11-6-4-5-10(7-11)8-17-2/h4-7H,8H2,1-3H3. The van der Waals surface area contributed by atoms with Gasteiger partial charge < -0.3 is 9.47 Å². The predicted molar refractivity (Wildman–Crippen MR) is 74.3 cm³/mol. The van der Waals surface area contributed by atoms with Gasteiger partial charge in [-0.3, -0.25) is 0 Å². The molecule has 4 nitrogen and oxygen atoms in total. The van der Waals surface area contributed by atoms with Crippen LogP contribution >= 0.6 is 11.3 Å². The Kier molecular flexibility index (Phi) is 4.29. The third-order valence-corrected chi connectivity index (χ3v) is 3.63. The van der Waals surface area contributed by atoms with Crippen LogP contribution in [-0.4, -0.2) is 25.2 Å². The van der Waals surface area contributed by atoms with Gasteiger partial charge in [0.15, 0.2) is 5.69 Å². The normalized spacial score (nSPS) is 10.5. The monoisotopic (exact) mass is 277 g/mol. The van der Waals surface area contributed by atoms with Crippen LogP contribution in [0.4, 0.5) is 0 Å². The molecule has 0 aliphatic carbocycles. The van der Waals surface area contributed by atoms with E-state index in [9.17, 15) is 4.79 Å². The molecule has 5 heteroatoms. The molecular weight excluding hydrogens is 262 g/mol. The van der Waals surface area contributed by atoms with Crippen molar-refractivity contribution in [1.82, 2.24) is 4.98 Å². The fraction of sp³-hybridized carbons (Fsp3) is 0.286. The number of carbonyl (C=O) groups is 1. The van der Waals surface area contributed by atoms with E-state index < -0.39 is 5.97 Å². The van der Waals surface area contributed by atoms with Crippen LogP contribution in [0.3, 0.4) is 0 Å². The molecule has 100 valence electrons. The lowest BCUT2D eigenvalue weighted by Gasteiger charge is -2.04. The number of rotatable bonds is 4. The van der Waals surface area contributed by atoms with E-state index in [2.05, 4.69) is 4.98 Å². The fourth-order valence-corrected chi connectivity index (χ4v) is 2.73. The van der Waals surface area contributed by atoms with Gasteiger partial charge in [0.25, 0.3) is 0 Å². The number of nitrogens with zero attached hydrogens (tertiary/aromatic N) is 1. The summed E-state index contributed by atoms with van der Waals surface area (Å²) in [6.45, 7) is 2.42. The summed E-state index contributed by atoms with van der Waals surface area (Å²) in [5, 5.41) is 0.840. The molecule has 2 aromatic rings. The van der Waals surface area contributed by atoms with Crippen LogP contribution in [0.25, 0.3) is 10.4 Å². The minimum absolute atomic E-state index is 0.375. The number of thiazole rings is 1. The Morgan fingerprint density at radius 1 is 1.37 bits per heavy atom. The number of hydrogen-bond donors (Lipinski definition) is 0. The minimum Gasteiger partial charge on any atom is -0.464 e. The molecule has 0 N–H and O–H groups in total. The van der Waals surface area contributed by atoms with Crippen LogP contribution < -0.4 is 0 Å². The zero-order valence-corrected chi connectivity index (χ0v) is 11.9. The molecule has 0 aliphatic rings. The van der Waals surface area contributed by atoms with Crippen molar-refractivity contribution in [2.75, 3.05) is 14.2 Å². The maximum atomic E-state index is 11.7. The summed E-state index contributed by atoms with van der Waals surface area (Å²) < 4.78 is 9.89. The average Bonchev–Trinajstić information content (AvgIpc) is 2.81. The van der Waals surface area contributed by atoms with Crippen LogP contribution in [0.1, 0.15) is 21.1 Å². The number of hydrogen-bond acceptors (Lipinski definition) is 5. The van der Waals surface area contributed by atoms with Crippen LogP contribution in [0.15, 0.2) is 24.3 Å². The topological polar surface area (TPSA) is 48.4 Å².